The number of hydrogen-bond acceptors (Lipinski definition) is 5. The number of aromatic nitrogens is 1. The standard InChI is InChI=1S/C21H29N3O2/c25-21(8-12-26-13-9-21)16-22-15-18-14-17-6-2-3-7-19(17)23-20(18)24-10-4-1-5-11-24/h2-3,6-7,14,22,25H,1,4-5,8-13,15-16H2. The van der Waals surface area contributed by atoms with Crippen LogP contribution in [0.1, 0.15) is 37.7 Å². The van der Waals surface area contributed by atoms with Gasteiger partial charge in [0.2, 0.25) is 0 Å². The van der Waals surface area contributed by atoms with Gasteiger partial charge in [0, 0.05) is 63.2 Å². The number of piperidine rings is 1. The number of nitrogens with zero attached hydrogens (tertiary/aromatic N) is 2. The van der Waals surface area contributed by atoms with Crippen LogP contribution in [0.2, 0.25) is 0 Å². The van der Waals surface area contributed by atoms with Gasteiger partial charge in [0.15, 0.2) is 0 Å². The van der Waals surface area contributed by atoms with E-state index in [9.17, 15) is 5.11 Å². The van der Waals surface area contributed by atoms with Crippen molar-refractivity contribution >= 4 is 16.7 Å². The molecule has 0 radical (unpaired) electrons. The van der Waals surface area contributed by atoms with Crippen LogP contribution in [0.25, 0.3) is 10.9 Å². The van der Waals surface area contributed by atoms with Gasteiger partial charge in [0.05, 0.1) is 11.1 Å². The summed E-state index contributed by atoms with van der Waals surface area (Å²) in [6, 6.07) is 10.6. The first-order valence-corrected chi connectivity index (χ1v) is 9.88. The van der Waals surface area contributed by atoms with Gasteiger partial charge in [-0.05, 0) is 31.4 Å². The van der Waals surface area contributed by atoms with Crippen molar-refractivity contribution in [2.75, 3.05) is 37.7 Å². The number of rotatable bonds is 5. The minimum Gasteiger partial charge on any atom is -0.388 e. The second kappa shape index (κ2) is 7.91. The Morgan fingerprint density at radius 1 is 1.12 bits per heavy atom. The lowest BCUT2D eigenvalue weighted by Gasteiger charge is -2.33. The summed E-state index contributed by atoms with van der Waals surface area (Å²) >= 11 is 0. The van der Waals surface area contributed by atoms with Crippen LogP contribution in [0.15, 0.2) is 30.3 Å². The number of aliphatic hydroxyl groups is 1. The van der Waals surface area contributed by atoms with Crippen molar-refractivity contribution in [2.24, 2.45) is 0 Å². The van der Waals surface area contributed by atoms with Crippen LogP contribution < -0.4 is 10.2 Å². The summed E-state index contributed by atoms with van der Waals surface area (Å²) in [4.78, 5) is 7.41. The van der Waals surface area contributed by atoms with Crippen molar-refractivity contribution in [1.29, 1.82) is 0 Å². The molecule has 5 heteroatoms. The minimum absolute atomic E-state index is 0.600. The molecule has 2 aromatic rings. The van der Waals surface area contributed by atoms with Gasteiger partial charge in [0.1, 0.15) is 5.82 Å². The molecule has 2 aliphatic rings. The lowest BCUT2D eigenvalue weighted by molar-refractivity contribution is -0.0617. The van der Waals surface area contributed by atoms with E-state index in [4.69, 9.17) is 9.72 Å². The Balaban J connectivity index is 1.53. The van der Waals surface area contributed by atoms with E-state index >= 15 is 0 Å². The van der Waals surface area contributed by atoms with Gasteiger partial charge in [-0.2, -0.15) is 0 Å². The number of benzene rings is 1. The quantitative estimate of drug-likeness (QED) is 0.864. The predicted octanol–water partition coefficient (Wildman–Crippen LogP) is 2.86. The van der Waals surface area contributed by atoms with E-state index in [2.05, 4.69) is 34.5 Å². The second-order valence-electron chi connectivity index (χ2n) is 7.65. The third-order valence-corrected chi connectivity index (χ3v) is 5.63. The van der Waals surface area contributed by atoms with Crippen molar-refractivity contribution < 1.29 is 9.84 Å². The Morgan fingerprint density at radius 2 is 1.88 bits per heavy atom. The van der Waals surface area contributed by atoms with E-state index in [-0.39, 0.29) is 0 Å². The molecule has 2 saturated heterocycles. The zero-order chi connectivity index (χ0) is 17.8. The van der Waals surface area contributed by atoms with Crippen molar-refractivity contribution in [3.05, 3.63) is 35.9 Å². The average Bonchev–Trinajstić information content (AvgIpc) is 2.68. The van der Waals surface area contributed by atoms with Crippen molar-refractivity contribution in [1.82, 2.24) is 10.3 Å². The van der Waals surface area contributed by atoms with Crippen LogP contribution in [-0.4, -0.2) is 48.5 Å². The number of para-hydroxylation sites is 1. The topological polar surface area (TPSA) is 57.6 Å². The van der Waals surface area contributed by atoms with Crippen LogP contribution in [0.5, 0.6) is 0 Å². The number of ether oxygens (including phenoxy) is 1. The summed E-state index contributed by atoms with van der Waals surface area (Å²) in [5, 5.41) is 15.3. The highest BCUT2D eigenvalue weighted by atomic mass is 16.5. The highest BCUT2D eigenvalue weighted by Crippen LogP contribution is 2.27. The summed E-state index contributed by atoms with van der Waals surface area (Å²) in [6.07, 6.45) is 5.19. The molecule has 140 valence electrons. The Labute approximate surface area is 155 Å². The molecule has 0 aliphatic carbocycles. The van der Waals surface area contributed by atoms with Crippen molar-refractivity contribution in [3.8, 4) is 0 Å². The van der Waals surface area contributed by atoms with E-state index in [0.717, 1.165) is 31.0 Å². The van der Waals surface area contributed by atoms with Crippen LogP contribution in [-0.2, 0) is 11.3 Å². The SMILES string of the molecule is OC1(CNCc2cc3ccccc3nc2N2CCCCC2)CCOCC1. The summed E-state index contributed by atoms with van der Waals surface area (Å²) in [5.74, 6) is 1.11. The van der Waals surface area contributed by atoms with E-state index in [1.807, 2.05) is 6.07 Å². The fourth-order valence-corrected chi connectivity index (χ4v) is 4.02. The molecule has 2 N–H and O–H groups in total. The fourth-order valence-electron chi connectivity index (χ4n) is 4.02. The summed E-state index contributed by atoms with van der Waals surface area (Å²) in [7, 11) is 0. The lowest BCUT2D eigenvalue weighted by Crippen LogP contribution is -2.45. The largest absolute Gasteiger partial charge is 0.388 e. The Kier molecular flexibility index (Phi) is 5.38. The summed E-state index contributed by atoms with van der Waals surface area (Å²) < 4.78 is 5.37. The van der Waals surface area contributed by atoms with Gasteiger partial charge in [-0.25, -0.2) is 4.98 Å². The van der Waals surface area contributed by atoms with Gasteiger partial charge in [0.25, 0.3) is 0 Å². The zero-order valence-electron chi connectivity index (χ0n) is 15.4. The molecule has 0 bridgehead atoms. The molecule has 0 saturated carbocycles. The third kappa shape index (κ3) is 4.00. The van der Waals surface area contributed by atoms with Crippen LogP contribution in [0.4, 0.5) is 5.82 Å². The third-order valence-electron chi connectivity index (χ3n) is 5.63. The molecule has 26 heavy (non-hydrogen) atoms. The first-order valence-electron chi connectivity index (χ1n) is 9.88. The highest BCUT2D eigenvalue weighted by molar-refractivity contribution is 5.81. The van der Waals surface area contributed by atoms with Crippen LogP contribution >= 0.6 is 0 Å². The van der Waals surface area contributed by atoms with Gasteiger partial charge < -0.3 is 20.1 Å². The molecule has 2 fully saturated rings. The Bertz CT molecular complexity index is 737. The Morgan fingerprint density at radius 3 is 2.69 bits per heavy atom. The second-order valence-corrected chi connectivity index (χ2v) is 7.65. The number of anilines is 1. The maximum Gasteiger partial charge on any atom is 0.133 e. The van der Waals surface area contributed by atoms with E-state index in [1.54, 1.807) is 0 Å². The van der Waals surface area contributed by atoms with Crippen LogP contribution in [0, 0.1) is 0 Å². The van der Waals surface area contributed by atoms with Crippen LogP contribution in [0.3, 0.4) is 0 Å². The van der Waals surface area contributed by atoms with Gasteiger partial charge in [-0.3, -0.25) is 0 Å². The number of hydrogen-bond donors (Lipinski definition) is 2. The molecular formula is C21H29N3O2. The summed E-state index contributed by atoms with van der Waals surface area (Å²) in [5.41, 5.74) is 1.63. The number of fused-ring (bicyclic) bond motifs is 1. The molecule has 4 rings (SSSR count). The fraction of sp³-hybridized carbons (Fsp3) is 0.571. The molecule has 2 aliphatic heterocycles. The first kappa shape index (κ1) is 17.7. The van der Waals surface area contributed by atoms with E-state index in [1.165, 1.54) is 30.2 Å². The molecule has 5 nitrogen and oxygen atoms in total. The summed E-state index contributed by atoms with van der Waals surface area (Å²) in [6.45, 7) is 4.79. The molecule has 1 aromatic heterocycles. The van der Waals surface area contributed by atoms with Crippen molar-refractivity contribution in [3.63, 3.8) is 0 Å². The van der Waals surface area contributed by atoms with Gasteiger partial charge in [-0.1, -0.05) is 18.2 Å². The van der Waals surface area contributed by atoms with Crippen molar-refractivity contribution in [2.45, 2.75) is 44.2 Å². The maximum absolute atomic E-state index is 10.7. The number of nitrogens with one attached hydrogen (secondary N) is 1. The van der Waals surface area contributed by atoms with Gasteiger partial charge >= 0.3 is 0 Å². The number of pyridine rings is 1. The normalized spacial score (nSPS) is 20.4. The average molecular weight is 355 g/mol. The lowest BCUT2D eigenvalue weighted by atomic mass is 9.94. The molecule has 1 aromatic carbocycles. The molecule has 0 unspecified atom stereocenters. The van der Waals surface area contributed by atoms with E-state index in [0.29, 0.717) is 32.6 Å². The Hall–Kier alpha value is -1.69. The molecular weight excluding hydrogens is 326 g/mol. The molecule has 0 spiro atoms. The smallest absolute Gasteiger partial charge is 0.133 e. The monoisotopic (exact) mass is 355 g/mol. The zero-order valence-corrected chi connectivity index (χ0v) is 15.4. The molecule has 3 heterocycles. The first-order chi connectivity index (χ1) is 12.7. The highest BCUT2D eigenvalue weighted by Gasteiger charge is 2.29. The minimum atomic E-state index is -0.645. The van der Waals surface area contributed by atoms with Gasteiger partial charge in [-0.15, -0.1) is 0 Å². The molecule has 0 atom stereocenters. The maximum atomic E-state index is 10.7. The predicted molar refractivity (Wildman–Crippen MR) is 105 cm³/mol. The molecule has 0 amide bonds. The van der Waals surface area contributed by atoms with E-state index < -0.39 is 5.60 Å².